The number of hydrogen-bond donors (Lipinski definition) is 1. The molecule has 0 spiro atoms. The zero-order valence-electron chi connectivity index (χ0n) is 7.42. The van der Waals surface area contributed by atoms with Gasteiger partial charge in [-0.1, -0.05) is 25.1 Å². The lowest BCUT2D eigenvalue weighted by atomic mass is 10.1. The standard InChI is InChI=1S/C10H13NO.CH4/c1-3-11-10(12)9-6-4-5-8(2)7-9;/h4-7H,3H2,1-2H3,(H,11,12);1H4. The van der Waals surface area contributed by atoms with Crippen molar-refractivity contribution in [1.29, 1.82) is 0 Å². The summed E-state index contributed by atoms with van der Waals surface area (Å²) in [6.45, 7) is 4.56. The van der Waals surface area contributed by atoms with E-state index in [0.717, 1.165) is 11.1 Å². The summed E-state index contributed by atoms with van der Waals surface area (Å²) < 4.78 is 0. The van der Waals surface area contributed by atoms with Crippen molar-refractivity contribution in [2.24, 2.45) is 0 Å². The fraction of sp³-hybridized carbons (Fsp3) is 0.364. The number of benzene rings is 1. The second-order valence-electron chi connectivity index (χ2n) is 2.73. The molecule has 0 radical (unpaired) electrons. The molecule has 0 aliphatic heterocycles. The summed E-state index contributed by atoms with van der Waals surface area (Å²) in [6, 6.07) is 7.56. The third-order valence-corrected chi connectivity index (χ3v) is 1.62. The molecule has 1 amide bonds. The molecular formula is C11H17NO. The molecular weight excluding hydrogens is 162 g/mol. The van der Waals surface area contributed by atoms with Crippen molar-refractivity contribution in [3.05, 3.63) is 35.4 Å². The minimum absolute atomic E-state index is 0. The van der Waals surface area contributed by atoms with Crippen LogP contribution >= 0.6 is 0 Å². The van der Waals surface area contributed by atoms with E-state index in [1.165, 1.54) is 0 Å². The van der Waals surface area contributed by atoms with Crippen LogP contribution in [0.3, 0.4) is 0 Å². The van der Waals surface area contributed by atoms with E-state index in [-0.39, 0.29) is 13.3 Å². The van der Waals surface area contributed by atoms with Gasteiger partial charge in [-0.2, -0.15) is 0 Å². The van der Waals surface area contributed by atoms with E-state index >= 15 is 0 Å². The number of aryl methyl sites for hydroxylation is 1. The number of carbonyl (C=O) groups is 1. The van der Waals surface area contributed by atoms with E-state index in [9.17, 15) is 4.79 Å². The Labute approximate surface area is 80.0 Å². The van der Waals surface area contributed by atoms with Crippen LogP contribution in [0, 0.1) is 6.92 Å². The normalized spacial score (nSPS) is 8.77. The zero-order valence-corrected chi connectivity index (χ0v) is 7.42. The van der Waals surface area contributed by atoms with Crippen LogP contribution in [0.1, 0.15) is 30.3 Å². The Morgan fingerprint density at radius 3 is 2.69 bits per heavy atom. The second-order valence-corrected chi connectivity index (χ2v) is 2.73. The summed E-state index contributed by atoms with van der Waals surface area (Å²) in [5.41, 5.74) is 1.84. The third kappa shape index (κ3) is 3.28. The van der Waals surface area contributed by atoms with Gasteiger partial charge in [-0.15, -0.1) is 0 Å². The summed E-state index contributed by atoms with van der Waals surface area (Å²) in [6.07, 6.45) is 0. The van der Waals surface area contributed by atoms with E-state index in [2.05, 4.69) is 5.32 Å². The Balaban J connectivity index is 0.00000144. The smallest absolute Gasteiger partial charge is 0.251 e. The average molecular weight is 179 g/mol. The molecule has 0 aliphatic carbocycles. The molecule has 13 heavy (non-hydrogen) atoms. The average Bonchev–Trinajstić information content (AvgIpc) is 2.05. The van der Waals surface area contributed by atoms with E-state index < -0.39 is 0 Å². The molecule has 1 rings (SSSR count). The summed E-state index contributed by atoms with van der Waals surface area (Å²) in [7, 11) is 0. The quantitative estimate of drug-likeness (QED) is 0.742. The molecule has 2 heteroatoms. The van der Waals surface area contributed by atoms with Crippen LogP contribution in [0.15, 0.2) is 24.3 Å². The number of hydrogen-bond acceptors (Lipinski definition) is 1. The largest absolute Gasteiger partial charge is 0.352 e. The van der Waals surface area contributed by atoms with Gasteiger partial charge in [0.05, 0.1) is 0 Å². The van der Waals surface area contributed by atoms with Gasteiger partial charge < -0.3 is 5.32 Å². The van der Waals surface area contributed by atoms with Crippen molar-refractivity contribution in [2.75, 3.05) is 6.54 Å². The highest BCUT2D eigenvalue weighted by Crippen LogP contribution is 2.02. The molecule has 0 aromatic heterocycles. The van der Waals surface area contributed by atoms with Gasteiger partial charge in [0.15, 0.2) is 0 Å². The van der Waals surface area contributed by atoms with Crippen molar-refractivity contribution < 1.29 is 4.79 Å². The monoisotopic (exact) mass is 179 g/mol. The molecule has 0 saturated heterocycles. The van der Waals surface area contributed by atoms with Gasteiger partial charge in [-0.3, -0.25) is 4.79 Å². The minimum atomic E-state index is 0. The van der Waals surface area contributed by atoms with Gasteiger partial charge in [0.2, 0.25) is 0 Å². The summed E-state index contributed by atoms with van der Waals surface area (Å²) in [5.74, 6) is 0.00111. The lowest BCUT2D eigenvalue weighted by molar-refractivity contribution is 0.0956. The van der Waals surface area contributed by atoms with Crippen LogP contribution in [0.5, 0.6) is 0 Å². The molecule has 0 saturated carbocycles. The van der Waals surface area contributed by atoms with Crippen molar-refractivity contribution in [2.45, 2.75) is 21.3 Å². The lowest BCUT2D eigenvalue weighted by Crippen LogP contribution is -2.22. The Morgan fingerprint density at radius 1 is 1.46 bits per heavy atom. The van der Waals surface area contributed by atoms with Crippen LogP contribution in [-0.2, 0) is 0 Å². The second kappa shape index (κ2) is 5.36. The first-order chi connectivity index (χ1) is 5.74. The van der Waals surface area contributed by atoms with E-state index in [1.54, 1.807) is 0 Å². The third-order valence-electron chi connectivity index (χ3n) is 1.62. The molecule has 2 nitrogen and oxygen atoms in total. The van der Waals surface area contributed by atoms with Crippen LogP contribution in [0.25, 0.3) is 0 Å². The number of amides is 1. The van der Waals surface area contributed by atoms with Gasteiger partial charge in [-0.05, 0) is 26.0 Å². The molecule has 0 atom stereocenters. The Kier molecular flexibility index (Phi) is 4.82. The molecule has 0 fully saturated rings. The molecule has 0 heterocycles. The van der Waals surface area contributed by atoms with Crippen LogP contribution in [0.4, 0.5) is 0 Å². The van der Waals surface area contributed by atoms with E-state index in [0.29, 0.717) is 6.54 Å². The van der Waals surface area contributed by atoms with Gasteiger partial charge in [0.1, 0.15) is 0 Å². The van der Waals surface area contributed by atoms with Gasteiger partial charge >= 0.3 is 0 Å². The number of rotatable bonds is 2. The van der Waals surface area contributed by atoms with E-state index in [4.69, 9.17) is 0 Å². The maximum Gasteiger partial charge on any atom is 0.251 e. The highest BCUT2D eigenvalue weighted by Gasteiger charge is 2.01. The van der Waals surface area contributed by atoms with Crippen LogP contribution in [0.2, 0.25) is 0 Å². The molecule has 1 aromatic rings. The molecule has 72 valence electrons. The van der Waals surface area contributed by atoms with Gasteiger partial charge in [-0.25, -0.2) is 0 Å². The van der Waals surface area contributed by atoms with Gasteiger partial charge in [0.25, 0.3) is 5.91 Å². The number of carbonyl (C=O) groups excluding carboxylic acids is 1. The van der Waals surface area contributed by atoms with Crippen molar-refractivity contribution in [3.63, 3.8) is 0 Å². The molecule has 0 bridgehead atoms. The minimum Gasteiger partial charge on any atom is -0.352 e. The van der Waals surface area contributed by atoms with Crippen LogP contribution in [-0.4, -0.2) is 12.5 Å². The number of nitrogens with one attached hydrogen (secondary N) is 1. The van der Waals surface area contributed by atoms with Crippen molar-refractivity contribution in [3.8, 4) is 0 Å². The maximum atomic E-state index is 11.3. The van der Waals surface area contributed by atoms with Gasteiger partial charge in [0, 0.05) is 12.1 Å². The zero-order chi connectivity index (χ0) is 8.97. The van der Waals surface area contributed by atoms with E-state index in [1.807, 2.05) is 38.1 Å². The highest BCUT2D eigenvalue weighted by atomic mass is 16.1. The predicted octanol–water partition coefficient (Wildman–Crippen LogP) is 2.38. The topological polar surface area (TPSA) is 29.1 Å². The highest BCUT2D eigenvalue weighted by molar-refractivity contribution is 5.94. The first-order valence-electron chi connectivity index (χ1n) is 4.09. The molecule has 0 aliphatic rings. The molecule has 1 N–H and O–H groups in total. The summed E-state index contributed by atoms with van der Waals surface area (Å²) in [4.78, 5) is 11.3. The maximum absolute atomic E-state index is 11.3. The summed E-state index contributed by atoms with van der Waals surface area (Å²) in [5, 5.41) is 2.75. The fourth-order valence-corrected chi connectivity index (χ4v) is 1.05. The van der Waals surface area contributed by atoms with Crippen LogP contribution < -0.4 is 5.32 Å². The Morgan fingerprint density at radius 2 is 2.15 bits per heavy atom. The van der Waals surface area contributed by atoms with Crippen molar-refractivity contribution >= 4 is 5.91 Å². The predicted molar refractivity (Wildman–Crippen MR) is 55.9 cm³/mol. The molecule has 0 unspecified atom stereocenters. The Bertz CT molecular complexity index is 281. The fourth-order valence-electron chi connectivity index (χ4n) is 1.05. The Hall–Kier alpha value is -1.31. The lowest BCUT2D eigenvalue weighted by Gasteiger charge is -2.01. The van der Waals surface area contributed by atoms with Crippen molar-refractivity contribution in [1.82, 2.24) is 5.32 Å². The first-order valence-corrected chi connectivity index (χ1v) is 4.09. The molecule has 1 aromatic carbocycles. The SMILES string of the molecule is C.CCNC(=O)c1cccc(C)c1. The summed E-state index contributed by atoms with van der Waals surface area (Å²) >= 11 is 0. The first kappa shape index (κ1) is 11.7.